The second-order valence-corrected chi connectivity index (χ2v) is 5.33. The van der Waals surface area contributed by atoms with Crippen LogP contribution in [0.5, 0.6) is 0 Å². The van der Waals surface area contributed by atoms with Crippen LogP contribution < -0.4 is 11.1 Å². The van der Waals surface area contributed by atoms with Crippen molar-refractivity contribution in [2.45, 2.75) is 51.5 Å². The van der Waals surface area contributed by atoms with Gasteiger partial charge in [0.1, 0.15) is 0 Å². The van der Waals surface area contributed by atoms with Crippen LogP contribution in [0.1, 0.15) is 46.0 Å². The maximum absolute atomic E-state index is 5.95. The molecular weight excluding hydrogens is 184 g/mol. The van der Waals surface area contributed by atoms with Crippen LogP contribution in [0, 0.1) is 5.92 Å². The molecule has 1 saturated carbocycles. The maximum Gasteiger partial charge on any atom is 0.0307 e. The van der Waals surface area contributed by atoms with Gasteiger partial charge in [0, 0.05) is 18.6 Å². The van der Waals surface area contributed by atoms with Crippen LogP contribution in [0.15, 0.2) is 12.2 Å². The lowest BCUT2D eigenvalue weighted by Crippen LogP contribution is -2.51. The van der Waals surface area contributed by atoms with Gasteiger partial charge in [-0.1, -0.05) is 31.9 Å². The van der Waals surface area contributed by atoms with Gasteiger partial charge in [0.15, 0.2) is 0 Å². The van der Waals surface area contributed by atoms with Gasteiger partial charge in [-0.25, -0.2) is 0 Å². The molecule has 1 fully saturated rings. The molecule has 2 heteroatoms. The highest BCUT2D eigenvalue weighted by Gasteiger charge is 2.30. The molecule has 88 valence electrons. The van der Waals surface area contributed by atoms with E-state index in [4.69, 9.17) is 5.73 Å². The van der Waals surface area contributed by atoms with E-state index in [2.05, 4.69) is 25.7 Å². The van der Waals surface area contributed by atoms with Gasteiger partial charge in [-0.05, 0) is 32.1 Å². The number of hydrogen-bond acceptors (Lipinski definition) is 2. The molecule has 0 aromatic carbocycles. The molecule has 0 radical (unpaired) electrons. The summed E-state index contributed by atoms with van der Waals surface area (Å²) in [6, 6.07) is 0. The van der Waals surface area contributed by atoms with Gasteiger partial charge >= 0.3 is 0 Å². The van der Waals surface area contributed by atoms with Crippen LogP contribution >= 0.6 is 0 Å². The highest BCUT2D eigenvalue weighted by Crippen LogP contribution is 2.29. The standard InChI is InChI=1S/C13H26N2/c1-11(2)9-15-13(10-14)7-4-5-12(3)6-8-13/h12,15H,1,4-10,14H2,2-3H3. The summed E-state index contributed by atoms with van der Waals surface area (Å²) in [7, 11) is 0. The summed E-state index contributed by atoms with van der Waals surface area (Å²) in [6.07, 6.45) is 6.41. The highest BCUT2D eigenvalue weighted by atomic mass is 15.0. The Labute approximate surface area is 94.3 Å². The number of nitrogens with one attached hydrogen (secondary N) is 1. The molecule has 15 heavy (non-hydrogen) atoms. The van der Waals surface area contributed by atoms with Gasteiger partial charge in [-0.15, -0.1) is 0 Å². The van der Waals surface area contributed by atoms with E-state index >= 15 is 0 Å². The molecule has 0 heterocycles. The summed E-state index contributed by atoms with van der Waals surface area (Å²) in [5.74, 6) is 0.866. The lowest BCUT2D eigenvalue weighted by molar-refractivity contribution is 0.299. The van der Waals surface area contributed by atoms with E-state index in [1.54, 1.807) is 0 Å². The molecule has 0 aromatic rings. The third kappa shape index (κ3) is 3.96. The SMILES string of the molecule is C=C(C)CNC1(CN)CCCC(C)CC1. The number of nitrogens with two attached hydrogens (primary N) is 1. The Bertz CT molecular complexity index is 213. The average molecular weight is 210 g/mol. The van der Waals surface area contributed by atoms with E-state index in [1.807, 2.05) is 0 Å². The minimum atomic E-state index is 0.184. The van der Waals surface area contributed by atoms with Crippen molar-refractivity contribution in [1.29, 1.82) is 0 Å². The van der Waals surface area contributed by atoms with Gasteiger partial charge in [0.25, 0.3) is 0 Å². The van der Waals surface area contributed by atoms with Crippen LogP contribution in [-0.4, -0.2) is 18.6 Å². The third-order valence-corrected chi connectivity index (χ3v) is 3.62. The molecule has 0 saturated heterocycles. The Morgan fingerprint density at radius 1 is 1.47 bits per heavy atom. The van der Waals surface area contributed by atoms with E-state index in [0.29, 0.717) is 0 Å². The summed E-state index contributed by atoms with van der Waals surface area (Å²) in [6.45, 7) is 10.0. The van der Waals surface area contributed by atoms with Crippen molar-refractivity contribution in [3.63, 3.8) is 0 Å². The minimum absolute atomic E-state index is 0.184. The first-order chi connectivity index (χ1) is 7.08. The monoisotopic (exact) mass is 210 g/mol. The van der Waals surface area contributed by atoms with Gasteiger partial charge < -0.3 is 11.1 Å². The first kappa shape index (κ1) is 12.7. The molecule has 1 rings (SSSR count). The zero-order valence-electron chi connectivity index (χ0n) is 10.3. The largest absolute Gasteiger partial charge is 0.329 e. The molecule has 0 aromatic heterocycles. The van der Waals surface area contributed by atoms with Crippen molar-refractivity contribution in [3.05, 3.63) is 12.2 Å². The molecule has 2 nitrogen and oxygen atoms in total. The van der Waals surface area contributed by atoms with Crippen molar-refractivity contribution in [2.75, 3.05) is 13.1 Å². The van der Waals surface area contributed by atoms with Gasteiger partial charge in [-0.3, -0.25) is 0 Å². The van der Waals surface area contributed by atoms with Crippen LogP contribution in [0.25, 0.3) is 0 Å². The van der Waals surface area contributed by atoms with E-state index in [0.717, 1.165) is 19.0 Å². The molecule has 3 N–H and O–H groups in total. The van der Waals surface area contributed by atoms with E-state index < -0.39 is 0 Å². The Morgan fingerprint density at radius 3 is 2.80 bits per heavy atom. The fourth-order valence-electron chi connectivity index (χ4n) is 2.37. The summed E-state index contributed by atoms with van der Waals surface area (Å²) in [4.78, 5) is 0. The number of hydrogen-bond donors (Lipinski definition) is 2. The third-order valence-electron chi connectivity index (χ3n) is 3.62. The molecule has 0 spiro atoms. The predicted octanol–water partition coefficient (Wildman–Crippen LogP) is 2.45. The molecule has 2 unspecified atom stereocenters. The van der Waals surface area contributed by atoms with Crippen molar-refractivity contribution in [2.24, 2.45) is 11.7 Å². The molecular formula is C13H26N2. The molecule has 0 aliphatic heterocycles. The van der Waals surface area contributed by atoms with Crippen LogP contribution in [-0.2, 0) is 0 Å². The van der Waals surface area contributed by atoms with Gasteiger partial charge in [0.05, 0.1) is 0 Å². The molecule has 1 aliphatic rings. The number of rotatable bonds is 4. The Morgan fingerprint density at radius 2 is 2.20 bits per heavy atom. The van der Waals surface area contributed by atoms with E-state index in [9.17, 15) is 0 Å². The first-order valence-electron chi connectivity index (χ1n) is 6.17. The van der Waals surface area contributed by atoms with Crippen molar-refractivity contribution in [3.8, 4) is 0 Å². The summed E-state index contributed by atoms with van der Waals surface area (Å²) < 4.78 is 0. The summed E-state index contributed by atoms with van der Waals surface area (Å²) in [5, 5.41) is 3.62. The van der Waals surface area contributed by atoms with E-state index in [-0.39, 0.29) is 5.54 Å². The smallest absolute Gasteiger partial charge is 0.0307 e. The minimum Gasteiger partial charge on any atom is -0.329 e. The normalized spacial score (nSPS) is 32.3. The second-order valence-electron chi connectivity index (χ2n) is 5.33. The fourth-order valence-corrected chi connectivity index (χ4v) is 2.37. The first-order valence-corrected chi connectivity index (χ1v) is 6.17. The summed E-state index contributed by atoms with van der Waals surface area (Å²) >= 11 is 0. The van der Waals surface area contributed by atoms with Crippen molar-refractivity contribution < 1.29 is 0 Å². The predicted molar refractivity (Wildman–Crippen MR) is 66.9 cm³/mol. The maximum atomic E-state index is 5.95. The Balaban J connectivity index is 2.53. The topological polar surface area (TPSA) is 38.0 Å². The second kappa shape index (κ2) is 5.66. The fraction of sp³-hybridized carbons (Fsp3) is 0.846. The lowest BCUT2D eigenvalue weighted by atomic mass is 9.89. The molecule has 0 amide bonds. The quantitative estimate of drug-likeness (QED) is 0.552. The lowest BCUT2D eigenvalue weighted by Gasteiger charge is -2.33. The average Bonchev–Trinajstić information content (AvgIpc) is 2.39. The van der Waals surface area contributed by atoms with Gasteiger partial charge in [-0.2, -0.15) is 0 Å². The van der Waals surface area contributed by atoms with Crippen LogP contribution in [0.3, 0.4) is 0 Å². The van der Waals surface area contributed by atoms with Gasteiger partial charge in [0.2, 0.25) is 0 Å². The Hall–Kier alpha value is -0.340. The molecule has 1 aliphatic carbocycles. The zero-order valence-corrected chi connectivity index (χ0v) is 10.3. The Kier molecular flexibility index (Phi) is 4.81. The van der Waals surface area contributed by atoms with Crippen LogP contribution in [0.2, 0.25) is 0 Å². The van der Waals surface area contributed by atoms with Crippen molar-refractivity contribution >= 4 is 0 Å². The van der Waals surface area contributed by atoms with Crippen molar-refractivity contribution in [1.82, 2.24) is 5.32 Å². The molecule has 0 bridgehead atoms. The summed E-state index contributed by atoms with van der Waals surface area (Å²) in [5.41, 5.74) is 7.33. The zero-order chi connectivity index (χ0) is 11.3. The van der Waals surface area contributed by atoms with E-state index in [1.165, 1.54) is 37.7 Å². The highest BCUT2D eigenvalue weighted by molar-refractivity contribution is 4.98. The van der Waals surface area contributed by atoms with Crippen LogP contribution in [0.4, 0.5) is 0 Å². The molecule has 2 atom stereocenters.